The Morgan fingerprint density at radius 1 is 1.04 bits per heavy atom. The summed E-state index contributed by atoms with van der Waals surface area (Å²) in [5.74, 6) is 1.14. The van der Waals surface area contributed by atoms with E-state index in [-0.39, 0.29) is 5.76 Å². The summed E-state index contributed by atoms with van der Waals surface area (Å²) in [4.78, 5) is 8.69. The summed E-state index contributed by atoms with van der Waals surface area (Å²) in [5, 5.41) is 10.9. The van der Waals surface area contributed by atoms with Crippen LogP contribution in [0.2, 0.25) is 5.02 Å². The molecule has 0 atom stereocenters. The Morgan fingerprint density at radius 2 is 1.77 bits per heavy atom. The van der Waals surface area contributed by atoms with E-state index in [0.717, 1.165) is 46.3 Å². The van der Waals surface area contributed by atoms with E-state index in [9.17, 15) is 5.11 Å². The van der Waals surface area contributed by atoms with E-state index >= 15 is 0 Å². The van der Waals surface area contributed by atoms with Crippen LogP contribution >= 0.6 is 11.6 Å². The van der Waals surface area contributed by atoms with Gasteiger partial charge in [-0.05, 0) is 17.2 Å². The smallest absolute Gasteiger partial charge is 0.159 e. The van der Waals surface area contributed by atoms with Crippen LogP contribution in [0.1, 0.15) is 5.56 Å². The maximum absolute atomic E-state index is 10.2. The van der Waals surface area contributed by atoms with Crippen molar-refractivity contribution >= 4 is 17.4 Å². The molecule has 132 valence electrons. The molecular formula is C21H20ClN3O. The van der Waals surface area contributed by atoms with Crippen LogP contribution in [-0.4, -0.2) is 40.9 Å². The molecular weight excluding hydrogens is 346 g/mol. The molecule has 0 aromatic heterocycles. The number of aliphatic hydroxyl groups is 1. The van der Waals surface area contributed by atoms with E-state index in [4.69, 9.17) is 11.6 Å². The van der Waals surface area contributed by atoms with Crippen LogP contribution in [0.3, 0.4) is 0 Å². The molecule has 2 aliphatic rings. The Labute approximate surface area is 158 Å². The summed E-state index contributed by atoms with van der Waals surface area (Å²) in [6.45, 7) is 1.69. The maximum Gasteiger partial charge on any atom is 0.159 e. The van der Waals surface area contributed by atoms with Crippen molar-refractivity contribution in [1.29, 1.82) is 0 Å². The van der Waals surface area contributed by atoms with Crippen LogP contribution < -0.4 is 0 Å². The molecule has 26 heavy (non-hydrogen) atoms. The summed E-state index contributed by atoms with van der Waals surface area (Å²) in [6.07, 6.45) is 4.17. The van der Waals surface area contributed by atoms with Gasteiger partial charge in [-0.2, -0.15) is 0 Å². The first-order valence-corrected chi connectivity index (χ1v) is 9.00. The van der Waals surface area contributed by atoms with Gasteiger partial charge in [-0.1, -0.05) is 54.1 Å². The second-order valence-corrected chi connectivity index (χ2v) is 6.93. The predicted octanol–water partition coefficient (Wildman–Crippen LogP) is 4.45. The molecule has 0 saturated carbocycles. The molecule has 4 nitrogen and oxygen atoms in total. The SMILES string of the molecule is CN1C=C2C(O)=CN=C(Cc3ccccc3-c3ccccc3Cl)N2CC1. The average Bonchev–Trinajstić information content (AvgIpc) is 2.65. The van der Waals surface area contributed by atoms with Gasteiger partial charge in [-0.25, -0.2) is 4.99 Å². The first-order valence-electron chi connectivity index (χ1n) is 8.62. The summed E-state index contributed by atoms with van der Waals surface area (Å²) in [7, 11) is 2.01. The normalized spacial score (nSPS) is 16.6. The second kappa shape index (κ2) is 6.89. The van der Waals surface area contributed by atoms with Gasteiger partial charge in [-0.15, -0.1) is 0 Å². The minimum absolute atomic E-state index is 0.208. The number of rotatable bonds is 3. The molecule has 0 spiro atoms. The van der Waals surface area contributed by atoms with E-state index in [1.165, 1.54) is 6.20 Å². The highest BCUT2D eigenvalue weighted by atomic mass is 35.5. The van der Waals surface area contributed by atoms with Gasteiger partial charge in [0.05, 0.1) is 6.20 Å². The average molecular weight is 366 g/mol. The minimum Gasteiger partial charge on any atom is -0.504 e. The Hall–Kier alpha value is -2.72. The molecule has 2 aliphatic heterocycles. The first kappa shape index (κ1) is 16.7. The standard InChI is InChI=1S/C21H20ClN3O/c1-24-10-11-25-19(14-24)20(26)13-23-21(25)12-15-6-2-3-7-16(15)17-8-4-5-9-18(17)22/h2-9,13-14,26H,10-12H2,1H3. The molecule has 0 saturated heterocycles. The molecule has 2 heterocycles. The molecule has 0 bridgehead atoms. The van der Waals surface area contributed by atoms with Gasteiger partial charge in [0.1, 0.15) is 11.5 Å². The number of aliphatic imine (C=N–C) groups is 1. The van der Waals surface area contributed by atoms with Gasteiger partial charge in [0.25, 0.3) is 0 Å². The van der Waals surface area contributed by atoms with Crippen LogP contribution in [0.25, 0.3) is 11.1 Å². The van der Waals surface area contributed by atoms with E-state index in [2.05, 4.69) is 26.9 Å². The molecule has 4 rings (SSSR count). The number of nitrogens with zero attached hydrogens (tertiary/aromatic N) is 3. The molecule has 5 heteroatoms. The van der Waals surface area contributed by atoms with Crippen LogP contribution in [-0.2, 0) is 6.42 Å². The van der Waals surface area contributed by atoms with Crippen LogP contribution in [0.4, 0.5) is 0 Å². The molecule has 0 amide bonds. The van der Waals surface area contributed by atoms with Crippen LogP contribution in [0, 0.1) is 0 Å². The highest BCUT2D eigenvalue weighted by Gasteiger charge is 2.26. The first-order chi connectivity index (χ1) is 12.6. The van der Waals surface area contributed by atoms with Crippen LogP contribution in [0.15, 0.2) is 77.4 Å². The monoisotopic (exact) mass is 365 g/mol. The van der Waals surface area contributed by atoms with E-state index in [1.54, 1.807) is 0 Å². The van der Waals surface area contributed by atoms with Crippen molar-refractivity contribution in [3.63, 3.8) is 0 Å². The lowest BCUT2D eigenvalue weighted by Crippen LogP contribution is -2.43. The Kier molecular flexibility index (Phi) is 4.43. The predicted molar refractivity (Wildman–Crippen MR) is 106 cm³/mol. The molecule has 0 aliphatic carbocycles. The van der Waals surface area contributed by atoms with Crippen LogP contribution in [0.5, 0.6) is 0 Å². The summed E-state index contributed by atoms with van der Waals surface area (Å²) < 4.78 is 0. The number of benzene rings is 2. The lowest BCUT2D eigenvalue weighted by Gasteiger charge is -2.36. The third-order valence-electron chi connectivity index (χ3n) is 4.75. The Morgan fingerprint density at radius 3 is 2.58 bits per heavy atom. The summed E-state index contributed by atoms with van der Waals surface area (Å²) >= 11 is 6.42. The number of fused-ring (bicyclic) bond motifs is 1. The third-order valence-corrected chi connectivity index (χ3v) is 5.08. The number of hydrogen-bond donors (Lipinski definition) is 1. The quantitative estimate of drug-likeness (QED) is 0.873. The van der Waals surface area contributed by atoms with E-state index < -0.39 is 0 Å². The van der Waals surface area contributed by atoms with Crippen molar-refractivity contribution in [2.45, 2.75) is 6.42 Å². The molecule has 2 aromatic rings. The lowest BCUT2D eigenvalue weighted by molar-refractivity contribution is 0.304. The van der Waals surface area contributed by atoms with Crippen molar-refractivity contribution in [3.05, 3.63) is 83.0 Å². The fourth-order valence-electron chi connectivity index (χ4n) is 3.39. The van der Waals surface area contributed by atoms with Crippen molar-refractivity contribution in [3.8, 4) is 11.1 Å². The summed E-state index contributed by atoms with van der Waals surface area (Å²) in [6, 6.07) is 16.1. The topological polar surface area (TPSA) is 39.1 Å². The number of halogens is 1. The molecule has 0 radical (unpaired) electrons. The Bertz CT molecular complexity index is 932. The molecule has 2 aromatic carbocycles. The van der Waals surface area contributed by atoms with Gasteiger partial charge < -0.3 is 14.9 Å². The number of amidine groups is 1. The van der Waals surface area contributed by atoms with Crippen molar-refractivity contribution < 1.29 is 5.11 Å². The van der Waals surface area contributed by atoms with Gasteiger partial charge in [0.15, 0.2) is 5.76 Å². The van der Waals surface area contributed by atoms with Gasteiger partial charge in [0, 0.05) is 43.3 Å². The second-order valence-electron chi connectivity index (χ2n) is 6.52. The third kappa shape index (κ3) is 3.08. The Balaban J connectivity index is 1.71. The van der Waals surface area contributed by atoms with Crippen molar-refractivity contribution in [1.82, 2.24) is 9.80 Å². The number of hydrogen-bond acceptors (Lipinski definition) is 4. The summed E-state index contributed by atoms with van der Waals surface area (Å²) in [5.41, 5.74) is 4.10. The van der Waals surface area contributed by atoms with Gasteiger partial charge >= 0.3 is 0 Å². The number of likely N-dealkylation sites (N-methyl/N-ethyl adjacent to an activating group) is 1. The fraction of sp³-hybridized carbons (Fsp3) is 0.190. The highest BCUT2D eigenvalue weighted by molar-refractivity contribution is 6.33. The maximum atomic E-state index is 10.2. The lowest BCUT2D eigenvalue weighted by atomic mass is 9.96. The minimum atomic E-state index is 0.208. The zero-order chi connectivity index (χ0) is 18.1. The largest absolute Gasteiger partial charge is 0.504 e. The van der Waals surface area contributed by atoms with E-state index in [0.29, 0.717) is 6.42 Å². The van der Waals surface area contributed by atoms with Crippen molar-refractivity contribution in [2.24, 2.45) is 4.99 Å². The molecule has 1 N–H and O–H groups in total. The number of aliphatic hydroxyl groups excluding tert-OH is 1. The molecule has 0 fully saturated rings. The zero-order valence-corrected chi connectivity index (χ0v) is 15.3. The zero-order valence-electron chi connectivity index (χ0n) is 14.6. The van der Waals surface area contributed by atoms with Gasteiger partial charge in [0.2, 0.25) is 0 Å². The highest BCUT2D eigenvalue weighted by Crippen LogP contribution is 2.32. The van der Waals surface area contributed by atoms with E-state index in [1.807, 2.05) is 49.6 Å². The van der Waals surface area contributed by atoms with Crippen molar-refractivity contribution in [2.75, 3.05) is 20.1 Å². The fourth-order valence-corrected chi connectivity index (χ4v) is 3.63. The van der Waals surface area contributed by atoms with Gasteiger partial charge in [-0.3, -0.25) is 0 Å². The molecule has 0 unspecified atom stereocenters.